The van der Waals surface area contributed by atoms with Crippen LogP contribution < -0.4 is 0 Å². The summed E-state index contributed by atoms with van der Waals surface area (Å²) in [6, 6.07) is 14.1. The van der Waals surface area contributed by atoms with Gasteiger partial charge in [-0.1, -0.05) is 36.8 Å². The maximum atomic E-state index is 5.61. The summed E-state index contributed by atoms with van der Waals surface area (Å²) in [5.74, 6) is 0.896. The second-order valence-electron chi connectivity index (χ2n) is 11.7. The van der Waals surface area contributed by atoms with Gasteiger partial charge in [-0.05, 0) is 110 Å². The van der Waals surface area contributed by atoms with Gasteiger partial charge in [0.2, 0.25) is 0 Å². The monoisotopic (exact) mass is 573 g/mol. The van der Waals surface area contributed by atoms with E-state index in [4.69, 9.17) is 23.7 Å². The van der Waals surface area contributed by atoms with E-state index >= 15 is 0 Å². The molecule has 0 spiro atoms. The second-order valence-corrected chi connectivity index (χ2v) is 11.7. The van der Waals surface area contributed by atoms with E-state index in [1.54, 1.807) is 12.4 Å². The van der Waals surface area contributed by atoms with E-state index in [0.29, 0.717) is 37.1 Å². The minimum atomic E-state index is 0.295. The van der Waals surface area contributed by atoms with Crippen LogP contribution in [0.25, 0.3) is 0 Å². The second kappa shape index (κ2) is 23.7. The molecule has 0 amide bonds. The summed E-state index contributed by atoms with van der Waals surface area (Å²) in [4.78, 5) is 3.92. The SMILES string of the molecule is CC(C)OC1CCOCC1.CC(C)OCC1CCC1.CC(C)OCc1ccccc1.CC(C)OCc1ccncc1. The Labute approximate surface area is 251 Å². The molecule has 1 aliphatic heterocycles. The van der Waals surface area contributed by atoms with Gasteiger partial charge < -0.3 is 23.7 Å². The van der Waals surface area contributed by atoms with Crippen LogP contribution in [-0.4, -0.2) is 55.3 Å². The zero-order chi connectivity index (χ0) is 30.3. The summed E-state index contributed by atoms with van der Waals surface area (Å²) in [7, 11) is 0. The zero-order valence-corrected chi connectivity index (χ0v) is 27.2. The molecular formula is C35H59NO5. The van der Waals surface area contributed by atoms with Crippen molar-refractivity contribution in [3.05, 3.63) is 66.0 Å². The smallest absolute Gasteiger partial charge is 0.0721 e. The summed E-state index contributed by atoms with van der Waals surface area (Å²) in [6.45, 7) is 20.6. The molecule has 2 fully saturated rings. The maximum absolute atomic E-state index is 5.61. The van der Waals surface area contributed by atoms with E-state index in [2.05, 4.69) is 44.8 Å². The van der Waals surface area contributed by atoms with Crippen LogP contribution >= 0.6 is 0 Å². The molecule has 1 saturated heterocycles. The number of benzene rings is 1. The lowest BCUT2D eigenvalue weighted by molar-refractivity contribution is -0.0563. The number of pyridine rings is 1. The van der Waals surface area contributed by atoms with Gasteiger partial charge in [0.25, 0.3) is 0 Å². The highest BCUT2D eigenvalue weighted by atomic mass is 16.5. The molecule has 1 aliphatic carbocycles. The highest BCUT2D eigenvalue weighted by Crippen LogP contribution is 2.26. The van der Waals surface area contributed by atoms with Crippen molar-refractivity contribution < 1.29 is 23.7 Å². The molecule has 4 rings (SSSR count). The average Bonchev–Trinajstić information content (AvgIpc) is 2.92. The molecule has 0 bridgehead atoms. The number of ether oxygens (including phenoxy) is 5. The highest BCUT2D eigenvalue weighted by Gasteiger charge is 2.17. The van der Waals surface area contributed by atoms with Crippen LogP contribution in [0, 0.1) is 5.92 Å². The Morgan fingerprint density at radius 3 is 1.61 bits per heavy atom. The predicted octanol–water partition coefficient (Wildman–Crippen LogP) is 8.42. The lowest BCUT2D eigenvalue weighted by atomic mass is 9.86. The molecule has 2 aromatic rings. The number of hydrogen-bond donors (Lipinski definition) is 0. The van der Waals surface area contributed by atoms with Gasteiger partial charge in [0.05, 0.1) is 43.7 Å². The van der Waals surface area contributed by atoms with E-state index in [9.17, 15) is 0 Å². The summed E-state index contributed by atoms with van der Waals surface area (Å²) < 4.78 is 27.1. The molecule has 234 valence electrons. The fraction of sp³-hybridized carbons (Fsp3) is 0.686. The van der Waals surface area contributed by atoms with E-state index in [1.807, 2.05) is 58.0 Å². The first-order valence-corrected chi connectivity index (χ1v) is 15.7. The largest absolute Gasteiger partial charge is 0.381 e. The molecule has 6 nitrogen and oxygen atoms in total. The van der Waals surface area contributed by atoms with Crippen LogP contribution in [0.3, 0.4) is 0 Å². The van der Waals surface area contributed by atoms with Gasteiger partial charge in [-0.15, -0.1) is 0 Å². The van der Waals surface area contributed by atoms with Gasteiger partial charge in [-0.2, -0.15) is 0 Å². The molecule has 2 aliphatic rings. The molecule has 1 aromatic heterocycles. The van der Waals surface area contributed by atoms with E-state index in [1.165, 1.54) is 30.4 Å². The van der Waals surface area contributed by atoms with Crippen molar-refractivity contribution in [2.75, 3.05) is 19.8 Å². The molecule has 0 atom stereocenters. The molecule has 1 aromatic carbocycles. The number of nitrogens with zero attached hydrogens (tertiary/aromatic N) is 1. The third-order valence-electron chi connectivity index (χ3n) is 6.28. The van der Waals surface area contributed by atoms with Gasteiger partial charge >= 0.3 is 0 Å². The number of rotatable bonds is 11. The van der Waals surface area contributed by atoms with Crippen LogP contribution in [0.1, 0.15) is 98.6 Å². The molecule has 0 radical (unpaired) electrons. The van der Waals surface area contributed by atoms with Crippen LogP contribution in [0.5, 0.6) is 0 Å². The maximum Gasteiger partial charge on any atom is 0.0721 e. The van der Waals surface area contributed by atoms with Crippen molar-refractivity contribution in [3.8, 4) is 0 Å². The first kappa shape index (κ1) is 37.2. The Bertz CT molecular complexity index is 771. The van der Waals surface area contributed by atoms with Crippen LogP contribution in [0.15, 0.2) is 54.9 Å². The van der Waals surface area contributed by atoms with Crippen LogP contribution in [0.4, 0.5) is 0 Å². The quantitative estimate of drug-likeness (QED) is 0.269. The predicted molar refractivity (Wildman–Crippen MR) is 169 cm³/mol. The standard InChI is InChI=1S/C10H14O.C9H13NO.C8H16O2.C8H16O/c1-9(2)11-8-10-6-4-3-5-7-10;1-8(2)11-7-9-3-5-10-6-4-9;1-7(2)10-8-3-5-9-6-4-8;1-7(2)9-6-8-4-3-5-8/h3-7,9H,8H2,1-2H3;3-6,8H,7H2,1-2H3;7-8H,3-6H2,1-2H3;7-8H,3-6H2,1-2H3. The lowest BCUT2D eigenvalue weighted by Gasteiger charge is -2.25. The van der Waals surface area contributed by atoms with Crippen molar-refractivity contribution in [2.45, 2.75) is 131 Å². The van der Waals surface area contributed by atoms with Crippen molar-refractivity contribution in [1.29, 1.82) is 0 Å². The average molecular weight is 574 g/mol. The van der Waals surface area contributed by atoms with Crippen molar-refractivity contribution >= 4 is 0 Å². The molecule has 2 heterocycles. The third kappa shape index (κ3) is 22.4. The van der Waals surface area contributed by atoms with Gasteiger partial charge in [-0.3, -0.25) is 4.98 Å². The molecule has 0 N–H and O–H groups in total. The van der Waals surface area contributed by atoms with Gasteiger partial charge in [-0.25, -0.2) is 0 Å². The summed E-state index contributed by atoms with van der Waals surface area (Å²) in [5.41, 5.74) is 2.41. The topological polar surface area (TPSA) is 59.0 Å². The van der Waals surface area contributed by atoms with Gasteiger partial charge in [0.15, 0.2) is 0 Å². The van der Waals surface area contributed by atoms with Gasteiger partial charge in [0.1, 0.15) is 0 Å². The van der Waals surface area contributed by atoms with Crippen LogP contribution in [-0.2, 0) is 36.9 Å². The Balaban J connectivity index is 0.000000274. The lowest BCUT2D eigenvalue weighted by Crippen LogP contribution is -2.25. The molecule has 0 unspecified atom stereocenters. The fourth-order valence-corrected chi connectivity index (χ4v) is 3.76. The van der Waals surface area contributed by atoms with E-state index in [-0.39, 0.29) is 0 Å². The summed E-state index contributed by atoms with van der Waals surface area (Å²) in [6.07, 6.45) is 11.8. The van der Waals surface area contributed by atoms with Gasteiger partial charge in [0, 0.05) is 32.2 Å². The summed E-state index contributed by atoms with van der Waals surface area (Å²) in [5, 5.41) is 0. The van der Waals surface area contributed by atoms with Crippen molar-refractivity contribution in [2.24, 2.45) is 5.92 Å². The molecular weight excluding hydrogens is 514 g/mol. The number of hydrogen-bond acceptors (Lipinski definition) is 6. The normalized spacial score (nSPS) is 15.4. The minimum absolute atomic E-state index is 0.295. The van der Waals surface area contributed by atoms with Crippen LogP contribution in [0.2, 0.25) is 0 Å². The Hall–Kier alpha value is -1.83. The van der Waals surface area contributed by atoms with E-state index in [0.717, 1.165) is 45.2 Å². The highest BCUT2D eigenvalue weighted by molar-refractivity contribution is 5.13. The van der Waals surface area contributed by atoms with E-state index < -0.39 is 0 Å². The Morgan fingerprint density at radius 1 is 0.659 bits per heavy atom. The Morgan fingerprint density at radius 2 is 1.17 bits per heavy atom. The molecule has 1 saturated carbocycles. The summed E-state index contributed by atoms with van der Waals surface area (Å²) >= 11 is 0. The third-order valence-corrected chi connectivity index (χ3v) is 6.28. The van der Waals surface area contributed by atoms with Crippen molar-refractivity contribution in [1.82, 2.24) is 4.98 Å². The molecule has 41 heavy (non-hydrogen) atoms. The fourth-order valence-electron chi connectivity index (χ4n) is 3.76. The first-order chi connectivity index (χ1) is 19.7. The zero-order valence-electron chi connectivity index (χ0n) is 27.2. The van der Waals surface area contributed by atoms with Crippen molar-refractivity contribution in [3.63, 3.8) is 0 Å². The Kier molecular flexibility index (Phi) is 21.5. The first-order valence-electron chi connectivity index (χ1n) is 15.7. The number of aromatic nitrogens is 1. The molecule has 6 heteroatoms. The minimum Gasteiger partial charge on any atom is -0.381 e.